The topological polar surface area (TPSA) is 72.5 Å². The number of aryl methyl sites for hydroxylation is 1. The van der Waals surface area contributed by atoms with Gasteiger partial charge < -0.3 is 10.1 Å². The Labute approximate surface area is 122 Å². The third kappa shape index (κ3) is 3.31. The van der Waals surface area contributed by atoms with E-state index in [9.17, 15) is 13.2 Å². The van der Waals surface area contributed by atoms with E-state index in [1.807, 2.05) is 6.92 Å². The summed E-state index contributed by atoms with van der Waals surface area (Å²) in [5.74, 6) is -0.313. The van der Waals surface area contributed by atoms with Gasteiger partial charge in [-0.1, -0.05) is 6.07 Å². The van der Waals surface area contributed by atoms with Crippen LogP contribution in [0.15, 0.2) is 23.1 Å². The molecule has 1 fully saturated rings. The van der Waals surface area contributed by atoms with Crippen LogP contribution in [0.25, 0.3) is 0 Å². The highest BCUT2D eigenvalue weighted by molar-refractivity contribution is 8.13. The normalized spacial score (nSPS) is 22.8. The monoisotopic (exact) mass is 317 g/mol. The Morgan fingerprint density at radius 2 is 2.15 bits per heavy atom. The van der Waals surface area contributed by atoms with E-state index in [4.69, 9.17) is 15.4 Å². The first-order chi connectivity index (χ1) is 9.29. The molecule has 1 aromatic rings. The highest BCUT2D eigenvalue weighted by Gasteiger charge is 2.26. The Hall–Kier alpha value is -1.11. The van der Waals surface area contributed by atoms with E-state index >= 15 is 0 Å². The molecule has 1 aromatic carbocycles. The van der Waals surface area contributed by atoms with E-state index in [1.165, 1.54) is 12.1 Å². The predicted octanol–water partition coefficient (Wildman–Crippen LogP) is 1.83. The van der Waals surface area contributed by atoms with Gasteiger partial charge in [0, 0.05) is 22.9 Å². The summed E-state index contributed by atoms with van der Waals surface area (Å²) in [5, 5.41) is 2.86. The minimum absolute atomic E-state index is 0.0424. The molecule has 0 spiro atoms. The summed E-state index contributed by atoms with van der Waals surface area (Å²) in [6.45, 7) is 4.25. The quantitative estimate of drug-likeness (QED) is 0.863. The van der Waals surface area contributed by atoms with Crippen LogP contribution in [0.5, 0.6) is 0 Å². The fourth-order valence-electron chi connectivity index (χ4n) is 2.16. The molecule has 0 saturated carbocycles. The van der Waals surface area contributed by atoms with Gasteiger partial charge >= 0.3 is 0 Å². The van der Waals surface area contributed by atoms with Gasteiger partial charge in [-0.2, -0.15) is 0 Å². The highest BCUT2D eigenvalue weighted by atomic mass is 35.7. The number of ether oxygens (including phenoxy) is 1. The minimum atomic E-state index is -3.85. The van der Waals surface area contributed by atoms with Crippen LogP contribution in [-0.2, 0) is 13.8 Å². The molecule has 1 aliphatic heterocycles. The third-order valence-corrected chi connectivity index (χ3v) is 4.78. The first kappa shape index (κ1) is 15.3. The van der Waals surface area contributed by atoms with Crippen molar-refractivity contribution in [1.82, 2.24) is 5.32 Å². The van der Waals surface area contributed by atoms with Gasteiger partial charge in [0.05, 0.1) is 17.0 Å². The number of hydrogen-bond donors (Lipinski definition) is 1. The van der Waals surface area contributed by atoms with Crippen molar-refractivity contribution >= 4 is 25.6 Å². The van der Waals surface area contributed by atoms with Gasteiger partial charge in [0.2, 0.25) is 0 Å². The summed E-state index contributed by atoms with van der Waals surface area (Å²) in [7, 11) is 1.46. The van der Waals surface area contributed by atoms with Crippen LogP contribution in [0.4, 0.5) is 0 Å². The van der Waals surface area contributed by atoms with E-state index in [0.29, 0.717) is 17.7 Å². The van der Waals surface area contributed by atoms with Crippen LogP contribution in [-0.4, -0.2) is 33.1 Å². The standard InChI is InChI=1S/C13H16ClNO4S/c1-8-3-4-10(20(14,17)18)7-11(8)13(16)15-12-5-6-19-9(12)2/h3-4,7,9,12H,5-6H2,1-2H3,(H,15,16). The Balaban J connectivity index is 2.25. The van der Waals surface area contributed by atoms with Gasteiger partial charge in [-0.3, -0.25) is 4.79 Å². The lowest BCUT2D eigenvalue weighted by molar-refractivity contribution is 0.0865. The molecule has 0 radical (unpaired) electrons. The molecule has 1 heterocycles. The molecule has 7 heteroatoms. The maximum absolute atomic E-state index is 12.2. The second kappa shape index (κ2) is 5.71. The summed E-state index contributed by atoms with van der Waals surface area (Å²) in [6.07, 6.45) is 0.707. The van der Waals surface area contributed by atoms with E-state index in [2.05, 4.69) is 5.32 Å². The summed E-state index contributed by atoms with van der Waals surface area (Å²) < 4.78 is 28.0. The molecular formula is C13H16ClNO4S. The molecule has 1 N–H and O–H groups in total. The lowest BCUT2D eigenvalue weighted by Gasteiger charge is -2.17. The number of hydrogen-bond acceptors (Lipinski definition) is 4. The predicted molar refractivity (Wildman–Crippen MR) is 75.5 cm³/mol. The van der Waals surface area contributed by atoms with Crippen molar-refractivity contribution < 1.29 is 17.9 Å². The highest BCUT2D eigenvalue weighted by Crippen LogP contribution is 2.20. The van der Waals surface area contributed by atoms with E-state index in [-0.39, 0.29) is 22.9 Å². The van der Waals surface area contributed by atoms with Crippen molar-refractivity contribution in [2.75, 3.05) is 6.61 Å². The summed E-state index contributed by atoms with van der Waals surface area (Å²) in [6, 6.07) is 4.19. The smallest absolute Gasteiger partial charge is 0.261 e. The third-order valence-electron chi connectivity index (χ3n) is 3.43. The lowest BCUT2D eigenvalue weighted by Crippen LogP contribution is -2.39. The molecule has 5 nitrogen and oxygen atoms in total. The number of halogens is 1. The zero-order valence-corrected chi connectivity index (χ0v) is 12.8. The van der Waals surface area contributed by atoms with Gasteiger partial charge in [-0.25, -0.2) is 8.42 Å². The first-order valence-corrected chi connectivity index (χ1v) is 8.58. The van der Waals surface area contributed by atoms with Crippen LogP contribution in [0.1, 0.15) is 29.3 Å². The van der Waals surface area contributed by atoms with Crippen LogP contribution in [0.2, 0.25) is 0 Å². The largest absolute Gasteiger partial charge is 0.376 e. The molecule has 0 bridgehead atoms. The molecule has 0 aromatic heterocycles. The van der Waals surface area contributed by atoms with Crippen LogP contribution >= 0.6 is 10.7 Å². The SMILES string of the molecule is Cc1ccc(S(=O)(=O)Cl)cc1C(=O)NC1CCOC1C. The Morgan fingerprint density at radius 3 is 2.70 bits per heavy atom. The molecule has 110 valence electrons. The molecule has 2 unspecified atom stereocenters. The molecule has 1 saturated heterocycles. The molecule has 1 aliphatic rings. The van der Waals surface area contributed by atoms with Gasteiger partial charge in [0.25, 0.3) is 15.0 Å². The fourth-order valence-corrected chi connectivity index (χ4v) is 2.94. The Kier molecular flexibility index (Phi) is 4.36. The number of carbonyl (C=O) groups is 1. The number of nitrogens with one attached hydrogen (secondary N) is 1. The zero-order chi connectivity index (χ0) is 14.9. The van der Waals surface area contributed by atoms with Crippen LogP contribution in [0, 0.1) is 6.92 Å². The van der Waals surface area contributed by atoms with Gasteiger partial charge in [0.15, 0.2) is 0 Å². The maximum Gasteiger partial charge on any atom is 0.261 e. The molecule has 20 heavy (non-hydrogen) atoms. The van der Waals surface area contributed by atoms with Crippen molar-refractivity contribution in [1.29, 1.82) is 0 Å². The van der Waals surface area contributed by atoms with Crippen molar-refractivity contribution in [2.24, 2.45) is 0 Å². The molecule has 0 aliphatic carbocycles. The molecule has 2 atom stereocenters. The second-order valence-electron chi connectivity index (χ2n) is 4.86. The summed E-state index contributed by atoms with van der Waals surface area (Å²) in [5.41, 5.74) is 1.00. The number of carbonyl (C=O) groups excluding carboxylic acids is 1. The van der Waals surface area contributed by atoms with Crippen molar-refractivity contribution in [3.63, 3.8) is 0 Å². The van der Waals surface area contributed by atoms with Gasteiger partial charge in [-0.05, 0) is 38.0 Å². The number of rotatable bonds is 3. The van der Waals surface area contributed by atoms with Crippen LogP contribution in [0.3, 0.4) is 0 Å². The first-order valence-electron chi connectivity index (χ1n) is 6.27. The van der Waals surface area contributed by atoms with Crippen molar-refractivity contribution in [3.8, 4) is 0 Å². The van der Waals surface area contributed by atoms with E-state index < -0.39 is 9.05 Å². The molecule has 1 amide bonds. The number of amides is 1. The van der Waals surface area contributed by atoms with Crippen molar-refractivity contribution in [2.45, 2.75) is 37.3 Å². The van der Waals surface area contributed by atoms with Gasteiger partial charge in [-0.15, -0.1) is 0 Å². The molecular weight excluding hydrogens is 302 g/mol. The fraction of sp³-hybridized carbons (Fsp3) is 0.462. The van der Waals surface area contributed by atoms with E-state index in [1.54, 1.807) is 13.0 Å². The summed E-state index contributed by atoms with van der Waals surface area (Å²) in [4.78, 5) is 12.2. The summed E-state index contributed by atoms with van der Waals surface area (Å²) >= 11 is 0. The maximum atomic E-state index is 12.2. The van der Waals surface area contributed by atoms with Crippen LogP contribution < -0.4 is 5.32 Å². The molecule has 2 rings (SSSR count). The average molecular weight is 318 g/mol. The number of benzene rings is 1. The second-order valence-corrected chi connectivity index (χ2v) is 7.43. The van der Waals surface area contributed by atoms with Crippen molar-refractivity contribution in [3.05, 3.63) is 29.3 Å². The Morgan fingerprint density at radius 1 is 1.45 bits per heavy atom. The Bertz CT molecular complexity index is 629. The van der Waals surface area contributed by atoms with Gasteiger partial charge in [0.1, 0.15) is 0 Å². The zero-order valence-electron chi connectivity index (χ0n) is 11.2. The average Bonchev–Trinajstić information content (AvgIpc) is 2.74. The van der Waals surface area contributed by atoms with E-state index in [0.717, 1.165) is 6.42 Å². The minimum Gasteiger partial charge on any atom is -0.376 e. The lowest BCUT2D eigenvalue weighted by atomic mass is 10.1.